The number of anilines is 1. The Morgan fingerprint density at radius 2 is 2.25 bits per heavy atom. The van der Waals surface area contributed by atoms with Gasteiger partial charge in [-0.3, -0.25) is 0 Å². The number of aromatic nitrogens is 2. The van der Waals surface area contributed by atoms with Gasteiger partial charge in [0.2, 0.25) is 5.95 Å². The molecule has 0 saturated carbocycles. The smallest absolute Gasteiger partial charge is 0.201 e. The van der Waals surface area contributed by atoms with Crippen molar-refractivity contribution < 1.29 is 0 Å². The molecule has 0 amide bonds. The number of hydrogen-bond donors (Lipinski definition) is 2. The first-order valence-corrected chi connectivity index (χ1v) is 5.79. The second-order valence-corrected chi connectivity index (χ2v) is 4.33. The number of nitrogen functional groups attached to an aromatic ring is 1. The Balaban J connectivity index is 2.10. The molecule has 2 heterocycles. The van der Waals surface area contributed by atoms with Gasteiger partial charge in [0.25, 0.3) is 0 Å². The lowest BCUT2D eigenvalue weighted by Crippen LogP contribution is -2.32. The molecule has 1 unspecified atom stereocenters. The minimum atomic E-state index is 0.446. The lowest BCUT2D eigenvalue weighted by Gasteiger charge is -2.25. The number of benzene rings is 1. The first kappa shape index (κ1) is 9.66. The Morgan fingerprint density at radius 3 is 3.06 bits per heavy atom. The highest BCUT2D eigenvalue weighted by atomic mass is 15.2. The molecule has 1 aliphatic heterocycles. The zero-order valence-electron chi connectivity index (χ0n) is 9.19. The molecular formula is C12H16N4. The van der Waals surface area contributed by atoms with Crippen molar-refractivity contribution in [3.8, 4) is 0 Å². The number of nitrogens with one attached hydrogen (secondary N) is 1. The van der Waals surface area contributed by atoms with Crippen LogP contribution in [0.5, 0.6) is 0 Å². The van der Waals surface area contributed by atoms with Crippen LogP contribution in [0.15, 0.2) is 24.3 Å². The predicted molar refractivity (Wildman–Crippen MR) is 65.3 cm³/mol. The van der Waals surface area contributed by atoms with Crippen molar-refractivity contribution in [3.05, 3.63) is 24.3 Å². The SMILES string of the molecule is Nc1nc2ccccc2n1C1CCCNC1. The van der Waals surface area contributed by atoms with Gasteiger partial charge in [0.05, 0.1) is 11.0 Å². The van der Waals surface area contributed by atoms with Gasteiger partial charge in [0, 0.05) is 12.6 Å². The van der Waals surface area contributed by atoms with E-state index in [1.54, 1.807) is 0 Å². The van der Waals surface area contributed by atoms with Gasteiger partial charge in [0.1, 0.15) is 0 Å². The fourth-order valence-corrected chi connectivity index (χ4v) is 2.50. The van der Waals surface area contributed by atoms with Gasteiger partial charge in [0.15, 0.2) is 0 Å². The van der Waals surface area contributed by atoms with Crippen LogP contribution in [0.1, 0.15) is 18.9 Å². The van der Waals surface area contributed by atoms with E-state index >= 15 is 0 Å². The number of nitrogens with zero attached hydrogens (tertiary/aromatic N) is 2. The van der Waals surface area contributed by atoms with Gasteiger partial charge >= 0.3 is 0 Å². The molecule has 1 aromatic carbocycles. The number of hydrogen-bond acceptors (Lipinski definition) is 3. The van der Waals surface area contributed by atoms with Gasteiger partial charge in [-0.15, -0.1) is 0 Å². The first-order valence-electron chi connectivity index (χ1n) is 5.79. The molecule has 2 aromatic rings. The Labute approximate surface area is 94.5 Å². The van der Waals surface area contributed by atoms with Crippen LogP contribution in [0.3, 0.4) is 0 Å². The molecule has 1 atom stereocenters. The van der Waals surface area contributed by atoms with Crippen LogP contribution < -0.4 is 11.1 Å². The third-order valence-electron chi connectivity index (χ3n) is 3.26. The summed E-state index contributed by atoms with van der Waals surface area (Å²) < 4.78 is 2.17. The van der Waals surface area contributed by atoms with Crippen LogP contribution in [0.4, 0.5) is 5.95 Å². The van der Waals surface area contributed by atoms with Crippen molar-refractivity contribution in [2.75, 3.05) is 18.8 Å². The van der Waals surface area contributed by atoms with Crippen LogP contribution in [0, 0.1) is 0 Å². The minimum Gasteiger partial charge on any atom is -0.369 e. The quantitative estimate of drug-likeness (QED) is 0.760. The van der Waals surface area contributed by atoms with Crippen molar-refractivity contribution in [2.45, 2.75) is 18.9 Å². The number of rotatable bonds is 1. The van der Waals surface area contributed by atoms with Crippen LogP contribution in [-0.2, 0) is 0 Å². The standard InChI is InChI=1S/C12H16N4/c13-12-15-10-5-1-2-6-11(10)16(12)9-4-3-7-14-8-9/h1-2,5-6,9,14H,3-4,7-8H2,(H2,13,15). The predicted octanol–water partition coefficient (Wildman–Crippen LogP) is 1.54. The van der Waals surface area contributed by atoms with E-state index in [0.717, 1.165) is 24.1 Å². The third-order valence-corrected chi connectivity index (χ3v) is 3.26. The van der Waals surface area contributed by atoms with Crippen molar-refractivity contribution in [3.63, 3.8) is 0 Å². The maximum Gasteiger partial charge on any atom is 0.201 e. The highest BCUT2D eigenvalue weighted by Crippen LogP contribution is 2.26. The number of imidazole rings is 1. The summed E-state index contributed by atoms with van der Waals surface area (Å²) in [6, 6.07) is 8.58. The summed E-state index contributed by atoms with van der Waals surface area (Å²) in [5.41, 5.74) is 8.15. The van der Waals surface area contributed by atoms with E-state index in [9.17, 15) is 0 Å². The lowest BCUT2D eigenvalue weighted by molar-refractivity contribution is 0.381. The Bertz CT molecular complexity index is 497. The fraction of sp³-hybridized carbons (Fsp3) is 0.417. The molecule has 3 rings (SSSR count). The lowest BCUT2D eigenvalue weighted by atomic mass is 10.1. The molecule has 16 heavy (non-hydrogen) atoms. The Morgan fingerprint density at radius 1 is 1.38 bits per heavy atom. The maximum atomic E-state index is 6.01. The molecule has 4 heteroatoms. The average Bonchev–Trinajstić information content (AvgIpc) is 2.66. The summed E-state index contributed by atoms with van der Waals surface area (Å²) in [6.07, 6.45) is 2.38. The number of para-hydroxylation sites is 2. The molecule has 0 aliphatic carbocycles. The zero-order chi connectivity index (χ0) is 11.0. The second-order valence-electron chi connectivity index (χ2n) is 4.33. The molecule has 0 radical (unpaired) electrons. The van der Waals surface area contributed by atoms with Gasteiger partial charge in [-0.2, -0.15) is 0 Å². The van der Waals surface area contributed by atoms with E-state index in [1.807, 2.05) is 18.2 Å². The summed E-state index contributed by atoms with van der Waals surface area (Å²) in [6.45, 7) is 2.10. The zero-order valence-corrected chi connectivity index (χ0v) is 9.19. The largest absolute Gasteiger partial charge is 0.369 e. The van der Waals surface area contributed by atoms with Crippen molar-refractivity contribution >= 4 is 17.0 Å². The average molecular weight is 216 g/mol. The van der Waals surface area contributed by atoms with Crippen LogP contribution in [-0.4, -0.2) is 22.6 Å². The highest BCUT2D eigenvalue weighted by molar-refractivity contribution is 5.78. The van der Waals surface area contributed by atoms with E-state index in [-0.39, 0.29) is 0 Å². The van der Waals surface area contributed by atoms with Crippen LogP contribution in [0.25, 0.3) is 11.0 Å². The topological polar surface area (TPSA) is 55.9 Å². The molecule has 0 bridgehead atoms. The monoisotopic (exact) mass is 216 g/mol. The van der Waals surface area contributed by atoms with Crippen LogP contribution >= 0.6 is 0 Å². The molecular weight excluding hydrogens is 200 g/mol. The van der Waals surface area contributed by atoms with Crippen molar-refractivity contribution in [1.29, 1.82) is 0 Å². The second kappa shape index (κ2) is 3.79. The van der Waals surface area contributed by atoms with Gasteiger partial charge in [-0.1, -0.05) is 12.1 Å². The van der Waals surface area contributed by atoms with E-state index in [0.29, 0.717) is 12.0 Å². The van der Waals surface area contributed by atoms with E-state index in [2.05, 4.69) is 20.9 Å². The third kappa shape index (κ3) is 1.46. The van der Waals surface area contributed by atoms with Crippen molar-refractivity contribution in [1.82, 2.24) is 14.9 Å². The summed E-state index contributed by atoms with van der Waals surface area (Å²) in [4.78, 5) is 4.40. The first-order chi connectivity index (χ1) is 7.86. The summed E-state index contributed by atoms with van der Waals surface area (Å²) in [5, 5.41) is 3.41. The normalized spacial score (nSPS) is 21.4. The Hall–Kier alpha value is -1.55. The van der Waals surface area contributed by atoms with Gasteiger partial charge in [-0.05, 0) is 31.5 Å². The molecule has 1 aliphatic rings. The van der Waals surface area contributed by atoms with Gasteiger partial charge < -0.3 is 15.6 Å². The number of fused-ring (bicyclic) bond motifs is 1. The summed E-state index contributed by atoms with van der Waals surface area (Å²) in [5.74, 6) is 0.634. The van der Waals surface area contributed by atoms with E-state index in [1.165, 1.54) is 12.8 Å². The minimum absolute atomic E-state index is 0.446. The molecule has 1 aromatic heterocycles. The summed E-state index contributed by atoms with van der Waals surface area (Å²) >= 11 is 0. The van der Waals surface area contributed by atoms with E-state index < -0.39 is 0 Å². The maximum absolute atomic E-state index is 6.01. The molecule has 4 nitrogen and oxygen atoms in total. The van der Waals surface area contributed by atoms with Crippen LogP contribution in [0.2, 0.25) is 0 Å². The number of piperidine rings is 1. The molecule has 3 N–H and O–H groups in total. The van der Waals surface area contributed by atoms with Crippen molar-refractivity contribution in [2.24, 2.45) is 0 Å². The molecule has 84 valence electrons. The number of nitrogens with two attached hydrogens (primary N) is 1. The summed E-state index contributed by atoms with van der Waals surface area (Å²) in [7, 11) is 0. The molecule has 0 spiro atoms. The van der Waals surface area contributed by atoms with Gasteiger partial charge in [-0.25, -0.2) is 4.98 Å². The Kier molecular flexibility index (Phi) is 2.29. The fourth-order valence-electron chi connectivity index (χ4n) is 2.50. The van der Waals surface area contributed by atoms with E-state index in [4.69, 9.17) is 5.73 Å². The molecule has 1 fully saturated rings. The highest BCUT2D eigenvalue weighted by Gasteiger charge is 2.19. The molecule has 1 saturated heterocycles.